The maximum absolute atomic E-state index is 11.7. The molecule has 4 nitrogen and oxygen atoms in total. The molecule has 19 heavy (non-hydrogen) atoms. The Labute approximate surface area is 125 Å². The van der Waals surface area contributed by atoms with Crippen molar-refractivity contribution in [2.75, 3.05) is 12.8 Å². The van der Waals surface area contributed by atoms with E-state index in [0.717, 1.165) is 12.1 Å². The number of nitrogens with one attached hydrogen (secondary N) is 2. The number of hydrogen-bond donors (Lipinski definition) is 3. The van der Waals surface area contributed by atoms with Gasteiger partial charge in [0.25, 0.3) is 0 Å². The van der Waals surface area contributed by atoms with Crippen molar-refractivity contribution in [1.29, 1.82) is 0 Å². The molecule has 0 unspecified atom stereocenters. The van der Waals surface area contributed by atoms with Crippen molar-refractivity contribution in [1.82, 2.24) is 10.6 Å². The van der Waals surface area contributed by atoms with Gasteiger partial charge in [-0.15, -0.1) is 0 Å². The molecule has 2 amide bonds. The molecule has 1 aliphatic carbocycles. The van der Waals surface area contributed by atoms with Gasteiger partial charge in [0, 0.05) is 17.8 Å². The lowest BCUT2D eigenvalue weighted by Crippen LogP contribution is -2.39. The standard InChI is InChI=1S/C13H17BrN2O2S/c1-19-13(4-5-13)8-16-12(18)15-7-9-2-3-11(17)10(14)6-9/h2-3,6,17H,4-5,7-8H2,1H3,(H2,15,16,18). The van der Waals surface area contributed by atoms with Gasteiger partial charge in [-0.05, 0) is 52.7 Å². The highest BCUT2D eigenvalue weighted by Gasteiger charge is 2.41. The summed E-state index contributed by atoms with van der Waals surface area (Å²) in [7, 11) is 0. The number of phenolic OH excluding ortho intramolecular Hbond substituents is 1. The Hall–Kier alpha value is -0.880. The SMILES string of the molecule is CSC1(CNC(=O)NCc2ccc(O)c(Br)c2)CC1. The Balaban J connectivity index is 1.75. The smallest absolute Gasteiger partial charge is 0.315 e. The molecule has 2 rings (SSSR count). The minimum Gasteiger partial charge on any atom is -0.507 e. The number of aromatic hydroxyl groups is 1. The fourth-order valence-corrected chi connectivity index (χ4v) is 2.89. The summed E-state index contributed by atoms with van der Waals surface area (Å²) >= 11 is 5.07. The molecule has 0 aliphatic heterocycles. The molecule has 3 N–H and O–H groups in total. The lowest BCUT2D eigenvalue weighted by Gasteiger charge is -2.13. The number of halogens is 1. The molecule has 0 saturated heterocycles. The normalized spacial score (nSPS) is 15.9. The van der Waals surface area contributed by atoms with E-state index in [9.17, 15) is 9.90 Å². The van der Waals surface area contributed by atoms with Gasteiger partial charge in [0.15, 0.2) is 0 Å². The molecule has 104 valence electrons. The zero-order valence-corrected chi connectivity index (χ0v) is 13.1. The quantitative estimate of drug-likeness (QED) is 0.769. The van der Waals surface area contributed by atoms with Gasteiger partial charge in [-0.2, -0.15) is 11.8 Å². The Kier molecular flexibility index (Phi) is 4.62. The van der Waals surface area contributed by atoms with Crippen LogP contribution in [0.1, 0.15) is 18.4 Å². The first kappa shape index (κ1) is 14.5. The van der Waals surface area contributed by atoms with Crippen LogP contribution >= 0.6 is 27.7 Å². The molecule has 1 aromatic carbocycles. The Bertz CT molecular complexity index is 478. The topological polar surface area (TPSA) is 61.4 Å². The van der Waals surface area contributed by atoms with Crippen molar-refractivity contribution >= 4 is 33.7 Å². The first-order valence-corrected chi connectivity index (χ1v) is 8.11. The lowest BCUT2D eigenvalue weighted by atomic mass is 10.2. The highest BCUT2D eigenvalue weighted by Crippen LogP contribution is 2.46. The second-order valence-corrected chi connectivity index (χ2v) is 6.84. The van der Waals surface area contributed by atoms with Gasteiger partial charge in [0.05, 0.1) is 4.47 Å². The number of rotatable bonds is 5. The Morgan fingerprint density at radius 1 is 1.47 bits per heavy atom. The van der Waals surface area contributed by atoms with Crippen LogP contribution in [0.3, 0.4) is 0 Å². The fraction of sp³-hybridized carbons (Fsp3) is 0.462. The molecule has 0 bridgehead atoms. The third kappa shape index (κ3) is 4.04. The van der Waals surface area contributed by atoms with Gasteiger partial charge in [0.1, 0.15) is 5.75 Å². The molecule has 0 aromatic heterocycles. The van der Waals surface area contributed by atoms with Crippen LogP contribution in [0.4, 0.5) is 4.79 Å². The zero-order chi connectivity index (χ0) is 13.9. The van der Waals surface area contributed by atoms with E-state index in [-0.39, 0.29) is 16.5 Å². The van der Waals surface area contributed by atoms with Crippen molar-refractivity contribution in [2.45, 2.75) is 24.1 Å². The van der Waals surface area contributed by atoms with Gasteiger partial charge in [-0.1, -0.05) is 6.07 Å². The van der Waals surface area contributed by atoms with Crippen molar-refractivity contribution in [3.8, 4) is 5.75 Å². The van der Waals surface area contributed by atoms with Crippen LogP contribution in [0.25, 0.3) is 0 Å². The maximum atomic E-state index is 11.7. The van der Waals surface area contributed by atoms with Crippen LogP contribution < -0.4 is 10.6 Å². The van der Waals surface area contributed by atoms with E-state index in [1.807, 2.05) is 11.8 Å². The van der Waals surface area contributed by atoms with E-state index in [2.05, 4.69) is 32.8 Å². The first-order chi connectivity index (χ1) is 9.04. The molecule has 6 heteroatoms. The van der Waals surface area contributed by atoms with Gasteiger partial charge < -0.3 is 15.7 Å². The number of carbonyl (C=O) groups is 1. The van der Waals surface area contributed by atoms with E-state index >= 15 is 0 Å². The van der Waals surface area contributed by atoms with Crippen LogP contribution in [0.2, 0.25) is 0 Å². The van der Waals surface area contributed by atoms with Gasteiger partial charge in [0.2, 0.25) is 0 Å². The predicted octanol–water partition coefficient (Wildman–Crippen LogP) is 2.85. The molecule has 1 saturated carbocycles. The molecule has 0 radical (unpaired) electrons. The Morgan fingerprint density at radius 2 is 2.21 bits per heavy atom. The zero-order valence-electron chi connectivity index (χ0n) is 10.7. The van der Waals surface area contributed by atoms with Crippen LogP contribution in [0, 0.1) is 0 Å². The summed E-state index contributed by atoms with van der Waals surface area (Å²) in [6.07, 6.45) is 4.44. The summed E-state index contributed by atoms with van der Waals surface area (Å²) in [5.74, 6) is 0.198. The number of phenols is 1. The molecule has 1 aliphatic rings. The number of carbonyl (C=O) groups excluding carboxylic acids is 1. The molecule has 0 atom stereocenters. The fourth-order valence-electron chi connectivity index (χ4n) is 1.74. The van der Waals surface area contributed by atoms with E-state index in [4.69, 9.17) is 0 Å². The van der Waals surface area contributed by atoms with Gasteiger partial charge >= 0.3 is 6.03 Å². The molecular formula is C13H17BrN2O2S. The van der Waals surface area contributed by atoms with Crippen molar-refractivity contribution in [3.63, 3.8) is 0 Å². The Morgan fingerprint density at radius 3 is 2.79 bits per heavy atom. The molecule has 0 spiro atoms. The third-order valence-electron chi connectivity index (χ3n) is 3.28. The van der Waals surface area contributed by atoms with E-state index in [1.54, 1.807) is 18.2 Å². The second-order valence-electron chi connectivity index (χ2n) is 4.71. The van der Waals surface area contributed by atoms with Crippen LogP contribution in [-0.4, -0.2) is 28.7 Å². The summed E-state index contributed by atoms with van der Waals surface area (Å²) in [6, 6.07) is 5.03. The number of hydrogen-bond acceptors (Lipinski definition) is 3. The molecule has 1 fully saturated rings. The van der Waals surface area contributed by atoms with Gasteiger partial charge in [-0.25, -0.2) is 4.79 Å². The van der Waals surface area contributed by atoms with Crippen molar-refractivity contribution in [3.05, 3.63) is 28.2 Å². The molecular weight excluding hydrogens is 328 g/mol. The highest BCUT2D eigenvalue weighted by atomic mass is 79.9. The van der Waals surface area contributed by atoms with E-state index in [0.29, 0.717) is 11.0 Å². The number of urea groups is 1. The van der Waals surface area contributed by atoms with E-state index in [1.165, 1.54) is 12.8 Å². The monoisotopic (exact) mass is 344 g/mol. The summed E-state index contributed by atoms with van der Waals surface area (Å²) in [4.78, 5) is 11.7. The summed E-state index contributed by atoms with van der Waals surface area (Å²) in [5, 5.41) is 15.1. The molecule has 0 heterocycles. The summed E-state index contributed by atoms with van der Waals surface area (Å²) in [6.45, 7) is 1.16. The maximum Gasteiger partial charge on any atom is 0.315 e. The molecule has 1 aromatic rings. The average Bonchev–Trinajstić information content (AvgIpc) is 3.18. The number of thioether (sulfide) groups is 1. The largest absolute Gasteiger partial charge is 0.507 e. The average molecular weight is 345 g/mol. The van der Waals surface area contributed by atoms with Crippen LogP contribution in [0.5, 0.6) is 5.75 Å². The second kappa shape index (κ2) is 6.05. The van der Waals surface area contributed by atoms with Crippen molar-refractivity contribution in [2.24, 2.45) is 0 Å². The summed E-state index contributed by atoms with van der Waals surface area (Å²) in [5.41, 5.74) is 0.936. The predicted molar refractivity (Wildman–Crippen MR) is 81.5 cm³/mol. The van der Waals surface area contributed by atoms with Crippen molar-refractivity contribution < 1.29 is 9.90 Å². The number of benzene rings is 1. The lowest BCUT2D eigenvalue weighted by molar-refractivity contribution is 0.240. The highest BCUT2D eigenvalue weighted by molar-refractivity contribution is 9.10. The number of amides is 2. The first-order valence-electron chi connectivity index (χ1n) is 6.09. The van der Waals surface area contributed by atoms with Crippen LogP contribution in [0.15, 0.2) is 22.7 Å². The third-order valence-corrected chi connectivity index (χ3v) is 5.33. The summed E-state index contributed by atoms with van der Waals surface area (Å²) < 4.78 is 0.908. The van der Waals surface area contributed by atoms with Gasteiger partial charge in [-0.3, -0.25) is 0 Å². The van der Waals surface area contributed by atoms with Crippen LogP contribution in [-0.2, 0) is 6.54 Å². The minimum atomic E-state index is -0.149. The minimum absolute atomic E-state index is 0.149. The van der Waals surface area contributed by atoms with E-state index < -0.39 is 0 Å².